The van der Waals surface area contributed by atoms with Crippen molar-refractivity contribution in [1.82, 2.24) is 0 Å². The molecule has 2 nitrogen and oxygen atoms in total. The van der Waals surface area contributed by atoms with Gasteiger partial charge in [0.05, 0.1) is 11.6 Å². The lowest BCUT2D eigenvalue weighted by Gasteiger charge is -2.10. The van der Waals surface area contributed by atoms with E-state index in [1.54, 1.807) is 24.3 Å². The van der Waals surface area contributed by atoms with Gasteiger partial charge in [0, 0.05) is 5.56 Å². The SMILES string of the molecule is N#Cc1cccc(F)c1-c1cccc(OCc2ccccc2)c1. The van der Waals surface area contributed by atoms with Crippen molar-refractivity contribution in [3.05, 3.63) is 89.7 Å². The third-order valence-electron chi connectivity index (χ3n) is 3.51. The summed E-state index contributed by atoms with van der Waals surface area (Å²) in [5.41, 5.74) is 2.30. The molecule has 112 valence electrons. The van der Waals surface area contributed by atoms with Crippen molar-refractivity contribution in [2.75, 3.05) is 0 Å². The molecule has 0 aliphatic heterocycles. The molecule has 0 unspecified atom stereocenters. The van der Waals surface area contributed by atoms with Crippen LogP contribution in [0.1, 0.15) is 11.1 Å². The zero-order valence-corrected chi connectivity index (χ0v) is 12.4. The fourth-order valence-electron chi connectivity index (χ4n) is 2.39. The normalized spacial score (nSPS) is 10.1. The maximum atomic E-state index is 14.1. The van der Waals surface area contributed by atoms with E-state index in [9.17, 15) is 9.65 Å². The lowest BCUT2D eigenvalue weighted by atomic mass is 9.99. The zero-order chi connectivity index (χ0) is 16.1. The second kappa shape index (κ2) is 6.76. The average molecular weight is 303 g/mol. The molecular weight excluding hydrogens is 289 g/mol. The predicted molar refractivity (Wildman–Crippen MR) is 87.3 cm³/mol. The van der Waals surface area contributed by atoms with Gasteiger partial charge in [0.1, 0.15) is 18.2 Å². The van der Waals surface area contributed by atoms with Gasteiger partial charge in [0.25, 0.3) is 0 Å². The van der Waals surface area contributed by atoms with Crippen LogP contribution in [0.15, 0.2) is 72.8 Å². The van der Waals surface area contributed by atoms with Crippen LogP contribution in [0.25, 0.3) is 11.1 Å². The van der Waals surface area contributed by atoms with Crippen LogP contribution >= 0.6 is 0 Å². The Morgan fingerprint density at radius 3 is 2.48 bits per heavy atom. The first-order valence-electron chi connectivity index (χ1n) is 7.24. The van der Waals surface area contributed by atoms with E-state index < -0.39 is 5.82 Å². The molecule has 0 bridgehead atoms. The van der Waals surface area contributed by atoms with Gasteiger partial charge in [-0.15, -0.1) is 0 Å². The summed E-state index contributed by atoms with van der Waals surface area (Å²) in [6.07, 6.45) is 0. The van der Waals surface area contributed by atoms with Gasteiger partial charge >= 0.3 is 0 Å². The second-order valence-corrected chi connectivity index (χ2v) is 5.08. The molecule has 0 aliphatic carbocycles. The Labute approximate surface area is 134 Å². The molecule has 0 radical (unpaired) electrons. The summed E-state index contributed by atoms with van der Waals surface area (Å²) in [6, 6.07) is 23.5. The molecule has 3 aromatic rings. The summed E-state index contributed by atoms with van der Waals surface area (Å²) in [7, 11) is 0. The molecule has 0 fully saturated rings. The minimum absolute atomic E-state index is 0.306. The smallest absolute Gasteiger partial charge is 0.132 e. The van der Waals surface area contributed by atoms with E-state index in [1.165, 1.54) is 12.1 Å². The van der Waals surface area contributed by atoms with Crippen LogP contribution in [0.3, 0.4) is 0 Å². The zero-order valence-electron chi connectivity index (χ0n) is 12.4. The average Bonchev–Trinajstić information content (AvgIpc) is 2.61. The lowest BCUT2D eigenvalue weighted by Crippen LogP contribution is -1.96. The minimum atomic E-state index is -0.413. The fourth-order valence-corrected chi connectivity index (χ4v) is 2.39. The van der Waals surface area contributed by atoms with Crippen LogP contribution in [0, 0.1) is 17.1 Å². The quantitative estimate of drug-likeness (QED) is 0.683. The first-order chi connectivity index (χ1) is 11.3. The summed E-state index contributed by atoms with van der Waals surface area (Å²) in [4.78, 5) is 0. The van der Waals surface area contributed by atoms with Crippen molar-refractivity contribution < 1.29 is 9.13 Å². The summed E-state index contributed by atoms with van der Waals surface area (Å²) in [5, 5.41) is 9.18. The maximum absolute atomic E-state index is 14.1. The number of halogens is 1. The topological polar surface area (TPSA) is 33.0 Å². The number of hydrogen-bond donors (Lipinski definition) is 0. The number of nitriles is 1. The molecule has 0 spiro atoms. The monoisotopic (exact) mass is 303 g/mol. The highest BCUT2D eigenvalue weighted by Crippen LogP contribution is 2.29. The Bertz CT molecular complexity index is 853. The number of benzene rings is 3. The number of hydrogen-bond acceptors (Lipinski definition) is 2. The van der Waals surface area contributed by atoms with Crippen molar-refractivity contribution in [2.45, 2.75) is 6.61 Å². The van der Waals surface area contributed by atoms with Gasteiger partial charge in [-0.25, -0.2) is 4.39 Å². The van der Waals surface area contributed by atoms with Crippen LogP contribution in [0.4, 0.5) is 4.39 Å². The molecule has 23 heavy (non-hydrogen) atoms. The Morgan fingerprint density at radius 2 is 1.70 bits per heavy atom. The molecular formula is C20H14FNO. The Morgan fingerprint density at radius 1 is 0.913 bits per heavy atom. The van der Waals surface area contributed by atoms with Crippen LogP contribution in [-0.2, 0) is 6.61 Å². The van der Waals surface area contributed by atoms with Crippen molar-refractivity contribution in [1.29, 1.82) is 5.26 Å². The molecule has 0 aromatic heterocycles. The third-order valence-corrected chi connectivity index (χ3v) is 3.51. The number of nitrogens with zero attached hydrogens (tertiary/aromatic N) is 1. The molecule has 0 heterocycles. The van der Waals surface area contributed by atoms with Gasteiger partial charge in [-0.05, 0) is 35.4 Å². The summed E-state index contributed by atoms with van der Waals surface area (Å²) in [6.45, 7) is 0.437. The highest BCUT2D eigenvalue weighted by molar-refractivity contribution is 5.72. The molecule has 3 heteroatoms. The van der Waals surface area contributed by atoms with E-state index in [0.717, 1.165) is 5.56 Å². The number of rotatable bonds is 4. The highest BCUT2D eigenvalue weighted by atomic mass is 19.1. The molecule has 0 saturated carbocycles. The van der Waals surface area contributed by atoms with Gasteiger partial charge in [-0.2, -0.15) is 5.26 Å². The van der Waals surface area contributed by atoms with Crippen molar-refractivity contribution in [3.8, 4) is 22.9 Å². The van der Waals surface area contributed by atoms with Crippen molar-refractivity contribution in [2.24, 2.45) is 0 Å². The lowest BCUT2D eigenvalue weighted by molar-refractivity contribution is 0.306. The molecule has 0 saturated heterocycles. The summed E-state index contributed by atoms with van der Waals surface area (Å²) >= 11 is 0. The Balaban J connectivity index is 1.88. The molecule has 0 amide bonds. The van der Waals surface area contributed by atoms with E-state index in [-0.39, 0.29) is 0 Å². The molecule has 0 aliphatic rings. The van der Waals surface area contributed by atoms with Crippen LogP contribution in [0.5, 0.6) is 5.75 Å². The van der Waals surface area contributed by atoms with Crippen molar-refractivity contribution in [3.63, 3.8) is 0 Å². The summed E-state index contributed by atoms with van der Waals surface area (Å²) in [5.74, 6) is 0.225. The van der Waals surface area contributed by atoms with Gasteiger partial charge in [0.2, 0.25) is 0 Å². The van der Waals surface area contributed by atoms with Crippen LogP contribution in [-0.4, -0.2) is 0 Å². The first kappa shape index (κ1) is 14.8. The predicted octanol–water partition coefficient (Wildman–Crippen LogP) is 4.94. The van der Waals surface area contributed by atoms with E-state index in [4.69, 9.17) is 4.74 Å². The third kappa shape index (κ3) is 3.38. The maximum Gasteiger partial charge on any atom is 0.132 e. The molecule has 3 rings (SSSR count). The molecule has 3 aromatic carbocycles. The first-order valence-corrected chi connectivity index (χ1v) is 7.24. The fraction of sp³-hybridized carbons (Fsp3) is 0.0500. The highest BCUT2D eigenvalue weighted by Gasteiger charge is 2.11. The molecule has 0 N–H and O–H groups in total. The van der Waals surface area contributed by atoms with Gasteiger partial charge in [-0.3, -0.25) is 0 Å². The standard InChI is InChI=1S/C20H14FNO/c21-19-11-5-9-17(13-22)20(19)16-8-4-10-18(12-16)23-14-15-6-2-1-3-7-15/h1-12H,14H2. The van der Waals surface area contributed by atoms with Gasteiger partial charge in [-0.1, -0.05) is 48.5 Å². The van der Waals surface area contributed by atoms with Crippen LogP contribution in [0.2, 0.25) is 0 Å². The van der Waals surface area contributed by atoms with Crippen LogP contribution < -0.4 is 4.74 Å². The van der Waals surface area contributed by atoms with E-state index in [2.05, 4.69) is 0 Å². The van der Waals surface area contributed by atoms with Gasteiger partial charge in [0.15, 0.2) is 0 Å². The van der Waals surface area contributed by atoms with Gasteiger partial charge < -0.3 is 4.74 Å². The van der Waals surface area contributed by atoms with E-state index in [0.29, 0.717) is 29.0 Å². The Hall–Kier alpha value is -3.12. The Kier molecular flexibility index (Phi) is 4.35. The largest absolute Gasteiger partial charge is 0.489 e. The van der Waals surface area contributed by atoms with Crippen molar-refractivity contribution >= 4 is 0 Å². The van der Waals surface area contributed by atoms with E-state index in [1.807, 2.05) is 42.5 Å². The minimum Gasteiger partial charge on any atom is -0.489 e. The molecule has 0 atom stereocenters. The summed E-state index contributed by atoms with van der Waals surface area (Å²) < 4.78 is 19.9. The van der Waals surface area contributed by atoms with E-state index >= 15 is 0 Å². The second-order valence-electron chi connectivity index (χ2n) is 5.08. The number of ether oxygens (including phenoxy) is 1.